The summed E-state index contributed by atoms with van der Waals surface area (Å²) in [7, 11) is 1.57. The zero-order chi connectivity index (χ0) is 18.6. The summed E-state index contributed by atoms with van der Waals surface area (Å²) in [6.07, 6.45) is 0.584. The molecule has 2 N–H and O–H groups in total. The van der Waals surface area contributed by atoms with Crippen molar-refractivity contribution in [3.63, 3.8) is 0 Å². The molecule has 1 atom stereocenters. The SMILES string of the molecule is CNC(=O)[C@@H](CC(C)C)NC(=O)c1ccc(-n2nc(C)nc2C)cc1. The standard InChI is InChI=1S/C18H25N5O2/c1-11(2)10-16(18(25)19-5)21-17(24)14-6-8-15(9-7-14)23-13(4)20-12(3)22-23/h6-9,11,16H,10H2,1-5H3,(H,19,25)(H,21,24)/t16-/m1/s1. The van der Waals surface area contributed by atoms with Gasteiger partial charge in [-0.3, -0.25) is 9.59 Å². The Bertz CT molecular complexity index is 749. The molecule has 2 amide bonds. The van der Waals surface area contributed by atoms with E-state index in [4.69, 9.17) is 0 Å². The van der Waals surface area contributed by atoms with Crippen LogP contribution in [0.3, 0.4) is 0 Å². The van der Waals surface area contributed by atoms with E-state index >= 15 is 0 Å². The Morgan fingerprint density at radius 2 is 1.80 bits per heavy atom. The van der Waals surface area contributed by atoms with Crippen molar-refractivity contribution in [1.29, 1.82) is 0 Å². The molecule has 1 aromatic heterocycles. The minimum atomic E-state index is -0.544. The van der Waals surface area contributed by atoms with E-state index in [2.05, 4.69) is 20.7 Å². The maximum absolute atomic E-state index is 12.4. The van der Waals surface area contributed by atoms with Crippen molar-refractivity contribution in [2.45, 2.75) is 40.2 Å². The predicted molar refractivity (Wildman–Crippen MR) is 95.6 cm³/mol. The number of benzene rings is 1. The van der Waals surface area contributed by atoms with Crippen molar-refractivity contribution < 1.29 is 9.59 Å². The second kappa shape index (κ2) is 7.92. The highest BCUT2D eigenvalue weighted by Crippen LogP contribution is 2.12. The largest absolute Gasteiger partial charge is 0.357 e. The average molecular weight is 343 g/mol. The zero-order valence-corrected chi connectivity index (χ0v) is 15.3. The van der Waals surface area contributed by atoms with E-state index in [0.717, 1.165) is 11.5 Å². The summed E-state index contributed by atoms with van der Waals surface area (Å²) in [5, 5.41) is 9.72. The number of nitrogens with one attached hydrogen (secondary N) is 2. The lowest BCUT2D eigenvalue weighted by molar-refractivity contribution is -0.122. The van der Waals surface area contributed by atoms with Crippen molar-refractivity contribution in [2.24, 2.45) is 5.92 Å². The van der Waals surface area contributed by atoms with Crippen LogP contribution in [0.2, 0.25) is 0 Å². The first-order valence-electron chi connectivity index (χ1n) is 8.35. The van der Waals surface area contributed by atoms with Crippen LogP contribution in [0.1, 0.15) is 42.3 Å². The van der Waals surface area contributed by atoms with Crippen molar-refractivity contribution in [2.75, 3.05) is 7.05 Å². The fourth-order valence-corrected chi connectivity index (χ4v) is 2.64. The van der Waals surface area contributed by atoms with Gasteiger partial charge in [-0.2, -0.15) is 5.10 Å². The number of rotatable bonds is 6. The molecule has 134 valence electrons. The number of carbonyl (C=O) groups excluding carboxylic acids is 2. The topological polar surface area (TPSA) is 88.9 Å². The molecule has 0 unspecified atom stereocenters. The lowest BCUT2D eigenvalue weighted by atomic mass is 10.0. The minimum absolute atomic E-state index is 0.188. The van der Waals surface area contributed by atoms with E-state index in [-0.39, 0.29) is 11.8 Å². The van der Waals surface area contributed by atoms with Gasteiger partial charge in [0, 0.05) is 12.6 Å². The van der Waals surface area contributed by atoms with Crippen LogP contribution in [-0.4, -0.2) is 39.7 Å². The van der Waals surface area contributed by atoms with Gasteiger partial charge in [0.05, 0.1) is 5.69 Å². The van der Waals surface area contributed by atoms with E-state index < -0.39 is 6.04 Å². The fourth-order valence-electron chi connectivity index (χ4n) is 2.64. The number of aromatic nitrogens is 3. The number of carbonyl (C=O) groups is 2. The molecule has 0 radical (unpaired) electrons. The molecule has 0 aliphatic carbocycles. The van der Waals surface area contributed by atoms with Gasteiger partial charge >= 0.3 is 0 Å². The second-order valence-electron chi connectivity index (χ2n) is 6.43. The highest BCUT2D eigenvalue weighted by molar-refractivity contribution is 5.97. The van der Waals surface area contributed by atoms with E-state index in [0.29, 0.717) is 23.7 Å². The molecule has 0 bridgehead atoms. The van der Waals surface area contributed by atoms with E-state index in [1.807, 2.05) is 39.8 Å². The van der Waals surface area contributed by atoms with Gasteiger partial charge in [0.2, 0.25) is 5.91 Å². The van der Waals surface area contributed by atoms with Crippen molar-refractivity contribution >= 4 is 11.8 Å². The average Bonchev–Trinajstić information content (AvgIpc) is 2.91. The summed E-state index contributed by atoms with van der Waals surface area (Å²) in [6, 6.07) is 6.52. The summed E-state index contributed by atoms with van der Waals surface area (Å²) in [5.41, 5.74) is 1.33. The first-order chi connectivity index (χ1) is 11.8. The highest BCUT2D eigenvalue weighted by Gasteiger charge is 2.21. The quantitative estimate of drug-likeness (QED) is 0.837. The van der Waals surface area contributed by atoms with Gasteiger partial charge in [-0.05, 0) is 50.5 Å². The molecule has 0 saturated heterocycles. The Balaban J connectivity index is 2.14. The first kappa shape index (κ1) is 18.6. The van der Waals surface area contributed by atoms with Crippen LogP contribution in [0.5, 0.6) is 0 Å². The molecule has 25 heavy (non-hydrogen) atoms. The molecule has 0 aliphatic heterocycles. The molecular weight excluding hydrogens is 318 g/mol. The Hall–Kier alpha value is -2.70. The van der Waals surface area contributed by atoms with Crippen LogP contribution in [0.25, 0.3) is 5.69 Å². The molecule has 7 heteroatoms. The van der Waals surface area contributed by atoms with Crippen molar-refractivity contribution in [3.8, 4) is 5.69 Å². The number of amides is 2. The normalized spacial score (nSPS) is 12.1. The van der Waals surface area contributed by atoms with Gasteiger partial charge in [-0.1, -0.05) is 13.8 Å². The van der Waals surface area contributed by atoms with Gasteiger partial charge in [0.15, 0.2) is 0 Å². The van der Waals surface area contributed by atoms with Crippen molar-refractivity contribution in [1.82, 2.24) is 25.4 Å². The predicted octanol–water partition coefficient (Wildman–Crippen LogP) is 1.77. The van der Waals surface area contributed by atoms with E-state index in [1.54, 1.807) is 23.9 Å². The summed E-state index contributed by atoms with van der Waals surface area (Å²) in [5.74, 6) is 1.32. The minimum Gasteiger partial charge on any atom is -0.357 e. The smallest absolute Gasteiger partial charge is 0.251 e. The summed E-state index contributed by atoms with van der Waals surface area (Å²) in [4.78, 5) is 28.7. The van der Waals surface area contributed by atoms with Crippen LogP contribution in [0.15, 0.2) is 24.3 Å². The maximum atomic E-state index is 12.4. The lowest BCUT2D eigenvalue weighted by Crippen LogP contribution is -2.46. The van der Waals surface area contributed by atoms with Crippen LogP contribution in [-0.2, 0) is 4.79 Å². The molecule has 1 heterocycles. The zero-order valence-electron chi connectivity index (χ0n) is 15.3. The molecule has 0 aliphatic rings. The number of hydrogen-bond acceptors (Lipinski definition) is 4. The monoisotopic (exact) mass is 343 g/mol. The van der Waals surface area contributed by atoms with E-state index in [9.17, 15) is 9.59 Å². The van der Waals surface area contributed by atoms with E-state index in [1.165, 1.54) is 0 Å². The molecule has 2 aromatic rings. The molecule has 2 rings (SSSR count). The Kier molecular flexibility index (Phi) is 5.90. The number of hydrogen-bond donors (Lipinski definition) is 2. The molecule has 7 nitrogen and oxygen atoms in total. The van der Waals surface area contributed by atoms with Crippen LogP contribution in [0.4, 0.5) is 0 Å². The van der Waals surface area contributed by atoms with Crippen LogP contribution < -0.4 is 10.6 Å². The van der Waals surface area contributed by atoms with Crippen molar-refractivity contribution in [3.05, 3.63) is 41.5 Å². The second-order valence-corrected chi connectivity index (χ2v) is 6.43. The Morgan fingerprint density at radius 3 is 2.28 bits per heavy atom. The molecule has 0 spiro atoms. The third kappa shape index (κ3) is 4.65. The third-order valence-electron chi connectivity index (χ3n) is 3.82. The molecular formula is C18H25N5O2. The highest BCUT2D eigenvalue weighted by atomic mass is 16.2. The summed E-state index contributed by atoms with van der Waals surface area (Å²) < 4.78 is 1.73. The Labute approximate surface area is 147 Å². The summed E-state index contributed by atoms with van der Waals surface area (Å²) in [6.45, 7) is 7.73. The third-order valence-corrected chi connectivity index (χ3v) is 3.82. The number of likely N-dealkylation sites (N-methyl/N-ethyl adjacent to an activating group) is 1. The maximum Gasteiger partial charge on any atom is 0.251 e. The molecule has 1 aromatic carbocycles. The van der Waals surface area contributed by atoms with Gasteiger partial charge in [-0.25, -0.2) is 9.67 Å². The lowest BCUT2D eigenvalue weighted by Gasteiger charge is -2.19. The number of nitrogens with zero attached hydrogens (tertiary/aromatic N) is 3. The fraction of sp³-hybridized carbons (Fsp3) is 0.444. The van der Waals surface area contributed by atoms with Gasteiger partial charge < -0.3 is 10.6 Å². The summed E-state index contributed by atoms with van der Waals surface area (Å²) >= 11 is 0. The van der Waals surface area contributed by atoms with Gasteiger partial charge in [0.25, 0.3) is 5.91 Å². The number of aryl methyl sites for hydroxylation is 2. The molecule has 0 fully saturated rings. The molecule has 0 saturated carbocycles. The van der Waals surface area contributed by atoms with Crippen LogP contribution >= 0.6 is 0 Å². The van der Waals surface area contributed by atoms with Gasteiger partial charge in [-0.15, -0.1) is 0 Å². The Morgan fingerprint density at radius 1 is 1.16 bits per heavy atom. The van der Waals surface area contributed by atoms with Crippen LogP contribution in [0, 0.1) is 19.8 Å². The van der Waals surface area contributed by atoms with Gasteiger partial charge in [0.1, 0.15) is 17.7 Å². The first-order valence-corrected chi connectivity index (χ1v) is 8.35.